The van der Waals surface area contributed by atoms with Gasteiger partial charge >= 0.3 is 0 Å². The summed E-state index contributed by atoms with van der Waals surface area (Å²) < 4.78 is 7.47. The molecule has 1 aliphatic rings. The monoisotopic (exact) mass is 363 g/mol. The van der Waals surface area contributed by atoms with Gasteiger partial charge in [0, 0.05) is 18.4 Å². The van der Waals surface area contributed by atoms with Gasteiger partial charge in [0.1, 0.15) is 0 Å². The van der Waals surface area contributed by atoms with Gasteiger partial charge in [-0.1, -0.05) is 18.2 Å². The summed E-state index contributed by atoms with van der Waals surface area (Å²) in [4.78, 5) is 15.0. The van der Waals surface area contributed by atoms with Crippen molar-refractivity contribution in [3.05, 3.63) is 66.2 Å². The first-order chi connectivity index (χ1) is 13.2. The van der Waals surface area contributed by atoms with Gasteiger partial charge in [0.25, 0.3) is 5.91 Å². The molecule has 1 aliphatic heterocycles. The molecule has 1 atom stereocenters. The summed E-state index contributed by atoms with van der Waals surface area (Å²) in [6.45, 7) is 3.11. The molecule has 0 saturated carbocycles. The third-order valence-electron chi connectivity index (χ3n) is 4.66. The molecule has 0 spiro atoms. The van der Waals surface area contributed by atoms with Crippen molar-refractivity contribution in [3.8, 4) is 5.69 Å². The Hall–Kier alpha value is -3.06. The maximum atomic E-state index is 13.3. The molecule has 7 nitrogen and oxygen atoms in total. The van der Waals surface area contributed by atoms with Crippen LogP contribution in [0, 0.1) is 6.92 Å². The van der Waals surface area contributed by atoms with Gasteiger partial charge in [0.05, 0.1) is 36.4 Å². The summed E-state index contributed by atoms with van der Waals surface area (Å²) in [6.07, 6.45) is 7.04. The average Bonchev–Trinajstić information content (AvgIpc) is 3.36. The number of ether oxygens (including phenoxy) is 1. The number of hydrogen-bond donors (Lipinski definition) is 0. The zero-order chi connectivity index (χ0) is 18.6. The second-order valence-electron chi connectivity index (χ2n) is 6.59. The molecule has 4 rings (SSSR count). The van der Waals surface area contributed by atoms with Gasteiger partial charge in [0.2, 0.25) is 0 Å². The number of para-hydroxylation sites is 1. The Morgan fingerprint density at radius 3 is 2.81 bits per heavy atom. The van der Waals surface area contributed by atoms with E-state index in [4.69, 9.17) is 4.74 Å². The first kappa shape index (κ1) is 17.4. The Kier molecular flexibility index (Phi) is 4.93. The van der Waals surface area contributed by atoms with E-state index in [0.29, 0.717) is 17.9 Å². The molecule has 0 radical (unpaired) electrons. The van der Waals surface area contributed by atoms with E-state index in [1.807, 2.05) is 43.5 Å². The molecule has 1 saturated heterocycles. The molecule has 1 unspecified atom stereocenters. The van der Waals surface area contributed by atoms with Gasteiger partial charge in [-0.05, 0) is 38.0 Å². The van der Waals surface area contributed by atoms with Crippen molar-refractivity contribution >= 4 is 11.6 Å². The molecule has 1 fully saturated rings. The van der Waals surface area contributed by atoms with E-state index in [-0.39, 0.29) is 12.0 Å². The van der Waals surface area contributed by atoms with E-state index >= 15 is 0 Å². The van der Waals surface area contributed by atoms with Crippen LogP contribution in [0.25, 0.3) is 5.69 Å². The molecular weight excluding hydrogens is 342 g/mol. The molecule has 1 amide bonds. The van der Waals surface area contributed by atoms with E-state index in [1.165, 1.54) is 0 Å². The molecule has 7 heteroatoms. The van der Waals surface area contributed by atoms with Crippen molar-refractivity contribution in [1.29, 1.82) is 0 Å². The minimum absolute atomic E-state index is 0.0265. The van der Waals surface area contributed by atoms with Gasteiger partial charge in [-0.3, -0.25) is 4.79 Å². The van der Waals surface area contributed by atoms with Crippen LogP contribution < -0.4 is 4.90 Å². The summed E-state index contributed by atoms with van der Waals surface area (Å²) in [7, 11) is 0. The first-order valence-electron chi connectivity index (χ1n) is 9.04. The third-order valence-corrected chi connectivity index (χ3v) is 4.66. The Bertz CT molecular complexity index is 905. The van der Waals surface area contributed by atoms with Gasteiger partial charge in [0.15, 0.2) is 5.69 Å². The second kappa shape index (κ2) is 7.67. The zero-order valence-electron chi connectivity index (χ0n) is 15.2. The highest BCUT2D eigenvalue weighted by atomic mass is 16.5. The van der Waals surface area contributed by atoms with Crippen LogP contribution in [0.3, 0.4) is 0 Å². The number of hydrogen-bond acceptors (Lipinski definition) is 5. The van der Waals surface area contributed by atoms with Crippen molar-refractivity contribution in [2.45, 2.75) is 25.9 Å². The second-order valence-corrected chi connectivity index (χ2v) is 6.59. The van der Waals surface area contributed by atoms with Crippen LogP contribution in [0.5, 0.6) is 0 Å². The van der Waals surface area contributed by atoms with Crippen LogP contribution >= 0.6 is 0 Å². The first-order valence-corrected chi connectivity index (χ1v) is 9.04. The van der Waals surface area contributed by atoms with Gasteiger partial charge in [-0.15, -0.1) is 0 Å². The largest absolute Gasteiger partial charge is 0.376 e. The van der Waals surface area contributed by atoms with Crippen LogP contribution in [0.15, 0.2) is 55.0 Å². The lowest BCUT2D eigenvalue weighted by atomic mass is 10.2. The average molecular weight is 363 g/mol. The Balaban J connectivity index is 1.66. The van der Waals surface area contributed by atoms with Crippen molar-refractivity contribution in [2.75, 3.05) is 18.1 Å². The predicted molar refractivity (Wildman–Crippen MR) is 101 cm³/mol. The molecule has 138 valence electrons. The number of aromatic nitrogens is 4. The van der Waals surface area contributed by atoms with E-state index in [0.717, 1.165) is 30.7 Å². The lowest BCUT2D eigenvalue weighted by Crippen LogP contribution is -2.38. The Labute approximate surface area is 157 Å². The predicted octanol–water partition coefficient (Wildman–Crippen LogP) is 2.80. The zero-order valence-corrected chi connectivity index (χ0v) is 15.2. The highest BCUT2D eigenvalue weighted by Gasteiger charge is 2.27. The van der Waals surface area contributed by atoms with E-state index in [2.05, 4.69) is 15.3 Å². The summed E-state index contributed by atoms with van der Waals surface area (Å²) in [5, 5.41) is 12.3. The fourth-order valence-electron chi connectivity index (χ4n) is 3.25. The lowest BCUT2D eigenvalue weighted by molar-refractivity contribution is 0.0912. The Morgan fingerprint density at radius 2 is 2.11 bits per heavy atom. The molecule has 1 aromatic carbocycles. The number of carbonyl (C=O) groups is 1. The number of anilines is 1. The summed E-state index contributed by atoms with van der Waals surface area (Å²) in [6, 6.07) is 11.5. The minimum atomic E-state index is -0.161. The normalized spacial score (nSPS) is 16.4. The number of amides is 1. The molecule has 0 aliphatic carbocycles. The summed E-state index contributed by atoms with van der Waals surface area (Å²) in [5.74, 6) is -0.161. The number of rotatable bonds is 5. The van der Waals surface area contributed by atoms with Crippen LogP contribution in [0.2, 0.25) is 0 Å². The molecule has 0 bridgehead atoms. The highest BCUT2D eigenvalue weighted by Crippen LogP contribution is 2.22. The maximum absolute atomic E-state index is 13.3. The van der Waals surface area contributed by atoms with Crippen molar-refractivity contribution < 1.29 is 9.53 Å². The Morgan fingerprint density at radius 1 is 1.26 bits per heavy atom. The standard InChI is InChI=1S/C20H21N5O2/c1-15-13-25(16-6-3-2-4-7-16)23-19(15)20(26)24(14-18-8-5-11-27-18)17-9-10-21-22-12-17/h2-4,6-7,9-10,12-13,18H,5,8,11,14H2,1H3. The third kappa shape index (κ3) is 3.73. The fraction of sp³-hybridized carbons (Fsp3) is 0.300. The van der Waals surface area contributed by atoms with E-state index in [1.54, 1.807) is 28.0 Å². The smallest absolute Gasteiger partial charge is 0.279 e. The molecule has 27 heavy (non-hydrogen) atoms. The molecular formula is C20H21N5O2. The molecule has 3 aromatic rings. The number of benzene rings is 1. The quantitative estimate of drug-likeness (QED) is 0.697. The molecule has 2 aromatic heterocycles. The number of nitrogens with zero attached hydrogens (tertiary/aromatic N) is 5. The summed E-state index contributed by atoms with van der Waals surface area (Å²) >= 11 is 0. The van der Waals surface area contributed by atoms with Crippen molar-refractivity contribution in [1.82, 2.24) is 20.0 Å². The van der Waals surface area contributed by atoms with Crippen LogP contribution in [0.1, 0.15) is 28.9 Å². The van der Waals surface area contributed by atoms with Gasteiger partial charge < -0.3 is 9.64 Å². The van der Waals surface area contributed by atoms with E-state index in [9.17, 15) is 4.79 Å². The topological polar surface area (TPSA) is 73.1 Å². The van der Waals surface area contributed by atoms with Crippen molar-refractivity contribution in [3.63, 3.8) is 0 Å². The van der Waals surface area contributed by atoms with E-state index < -0.39 is 0 Å². The maximum Gasteiger partial charge on any atom is 0.279 e. The SMILES string of the molecule is Cc1cn(-c2ccccc2)nc1C(=O)N(CC1CCCO1)c1ccnnc1. The lowest BCUT2D eigenvalue weighted by Gasteiger charge is -2.24. The number of aryl methyl sites for hydroxylation is 1. The van der Waals surface area contributed by atoms with Crippen molar-refractivity contribution in [2.24, 2.45) is 0 Å². The van der Waals surface area contributed by atoms with Crippen LogP contribution in [-0.2, 0) is 4.74 Å². The molecule has 3 heterocycles. The minimum Gasteiger partial charge on any atom is -0.376 e. The fourth-order valence-corrected chi connectivity index (χ4v) is 3.25. The molecule has 0 N–H and O–H groups in total. The van der Waals surface area contributed by atoms with Gasteiger partial charge in [-0.25, -0.2) is 4.68 Å². The van der Waals surface area contributed by atoms with Crippen LogP contribution in [0.4, 0.5) is 5.69 Å². The highest BCUT2D eigenvalue weighted by molar-refractivity contribution is 6.05. The summed E-state index contributed by atoms with van der Waals surface area (Å²) in [5.41, 5.74) is 2.85. The van der Waals surface area contributed by atoms with Crippen LogP contribution in [-0.4, -0.2) is 45.1 Å². The number of carbonyl (C=O) groups excluding carboxylic acids is 1. The van der Waals surface area contributed by atoms with Gasteiger partial charge in [-0.2, -0.15) is 15.3 Å².